The highest BCUT2D eigenvalue weighted by Crippen LogP contribution is 2.35. The summed E-state index contributed by atoms with van der Waals surface area (Å²) in [6.07, 6.45) is -4.80. The Balaban J connectivity index is 2.54. The van der Waals surface area contributed by atoms with Gasteiger partial charge < -0.3 is 20.5 Å². The predicted molar refractivity (Wildman–Crippen MR) is 79.0 cm³/mol. The fraction of sp³-hybridized carbons (Fsp3) is 0.533. The normalized spacial score (nSPS) is 14.2. The van der Waals surface area contributed by atoms with E-state index in [0.717, 1.165) is 6.07 Å². The molecule has 0 saturated heterocycles. The number of rotatable bonds is 8. The molecule has 0 saturated carbocycles. The minimum Gasteiger partial charge on any atom is -0.491 e. The van der Waals surface area contributed by atoms with Gasteiger partial charge in [-0.3, -0.25) is 4.79 Å². The molecule has 23 heavy (non-hydrogen) atoms. The molecule has 0 aliphatic heterocycles. The summed E-state index contributed by atoms with van der Waals surface area (Å²) in [6, 6.07) is 4.48. The second kappa shape index (κ2) is 8.73. The highest BCUT2D eigenvalue weighted by molar-refractivity contribution is 5.76. The fourth-order valence-corrected chi connectivity index (χ4v) is 1.89. The molecule has 5 nitrogen and oxygen atoms in total. The van der Waals surface area contributed by atoms with Gasteiger partial charge in [-0.15, -0.1) is 0 Å². The number of hydrogen-bond donors (Lipinski definition) is 2. The number of halogens is 3. The Morgan fingerprint density at radius 2 is 2.00 bits per heavy atom. The minimum absolute atomic E-state index is 0.0798. The molecule has 1 rings (SSSR count). The van der Waals surface area contributed by atoms with Gasteiger partial charge in [0.05, 0.1) is 24.1 Å². The van der Waals surface area contributed by atoms with E-state index in [1.54, 1.807) is 6.92 Å². The number of amides is 1. The van der Waals surface area contributed by atoms with Gasteiger partial charge in [0.2, 0.25) is 5.91 Å². The van der Waals surface area contributed by atoms with Gasteiger partial charge >= 0.3 is 6.18 Å². The van der Waals surface area contributed by atoms with Crippen LogP contribution < -0.4 is 15.8 Å². The quantitative estimate of drug-likeness (QED) is 0.762. The van der Waals surface area contributed by atoms with E-state index < -0.39 is 23.9 Å². The minimum atomic E-state index is -4.49. The van der Waals surface area contributed by atoms with Crippen LogP contribution in [0.15, 0.2) is 24.3 Å². The molecule has 2 atom stereocenters. The lowest BCUT2D eigenvalue weighted by atomic mass is 10.2. The van der Waals surface area contributed by atoms with E-state index in [0.29, 0.717) is 0 Å². The van der Waals surface area contributed by atoms with Gasteiger partial charge in [0.25, 0.3) is 0 Å². The lowest BCUT2D eigenvalue weighted by Crippen LogP contribution is -2.39. The van der Waals surface area contributed by atoms with Gasteiger partial charge in [-0.1, -0.05) is 12.1 Å². The van der Waals surface area contributed by atoms with Crippen LogP contribution >= 0.6 is 0 Å². The molecule has 0 heterocycles. The molecule has 2 unspecified atom stereocenters. The maximum absolute atomic E-state index is 12.8. The van der Waals surface area contributed by atoms with Gasteiger partial charge in [-0.25, -0.2) is 0 Å². The SMILES string of the molecule is COC(CN)CC(=O)NC(C)COc1ccccc1C(F)(F)F. The Hall–Kier alpha value is -1.80. The number of ether oxygens (including phenoxy) is 2. The highest BCUT2D eigenvalue weighted by Gasteiger charge is 2.34. The van der Waals surface area contributed by atoms with Gasteiger partial charge in [0.15, 0.2) is 0 Å². The maximum Gasteiger partial charge on any atom is 0.419 e. The molecule has 130 valence electrons. The van der Waals surface area contributed by atoms with Crippen LogP contribution in [0.25, 0.3) is 0 Å². The van der Waals surface area contributed by atoms with Crippen molar-refractivity contribution in [3.05, 3.63) is 29.8 Å². The summed E-state index contributed by atoms with van der Waals surface area (Å²) in [5, 5.41) is 2.63. The number of benzene rings is 1. The van der Waals surface area contributed by atoms with Crippen LogP contribution in [0.1, 0.15) is 18.9 Å². The van der Waals surface area contributed by atoms with Gasteiger partial charge in [-0.2, -0.15) is 13.2 Å². The first-order chi connectivity index (χ1) is 10.8. The third kappa shape index (κ3) is 6.45. The largest absolute Gasteiger partial charge is 0.491 e. The lowest BCUT2D eigenvalue weighted by molar-refractivity contribution is -0.139. The van der Waals surface area contributed by atoms with Crippen molar-refractivity contribution in [2.24, 2.45) is 5.73 Å². The Kier molecular flexibility index (Phi) is 7.31. The van der Waals surface area contributed by atoms with Crippen molar-refractivity contribution in [1.82, 2.24) is 5.32 Å². The molecule has 0 aliphatic carbocycles. The smallest absolute Gasteiger partial charge is 0.419 e. The van der Waals surface area contributed by atoms with Crippen LogP contribution in [0, 0.1) is 0 Å². The summed E-state index contributed by atoms with van der Waals surface area (Å²) < 4.78 is 48.7. The third-order valence-electron chi connectivity index (χ3n) is 3.10. The summed E-state index contributed by atoms with van der Waals surface area (Å²) in [6.45, 7) is 1.76. The Bertz CT molecular complexity index is 505. The van der Waals surface area contributed by atoms with Gasteiger partial charge in [0, 0.05) is 13.7 Å². The van der Waals surface area contributed by atoms with Crippen LogP contribution in [0.2, 0.25) is 0 Å². The second-order valence-electron chi connectivity index (χ2n) is 5.07. The first-order valence-electron chi connectivity index (χ1n) is 7.09. The van der Waals surface area contributed by atoms with Crippen molar-refractivity contribution in [1.29, 1.82) is 0 Å². The van der Waals surface area contributed by atoms with Gasteiger partial charge in [-0.05, 0) is 19.1 Å². The fourth-order valence-electron chi connectivity index (χ4n) is 1.89. The molecule has 8 heteroatoms. The maximum atomic E-state index is 12.8. The predicted octanol–water partition coefficient (Wildman–Crippen LogP) is 1.95. The Labute approximate surface area is 132 Å². The number of nitrogens with one attached hydrogen (secondary N) is 1. The summed E-state index contributed by atoms with van der Waals surface area (Å²) in [7, 11) is 1.45. The average Bonchev–Trinajstić information content (AvgIpc) is 2.50. The highest BCUT2D eigenvalue weighted by atomic mass is 19.4. The van der Waals surface area contributed by atoms with E-state index in [1.165, 1.54) is 25.3 Å². The monoisotopic (exact) mass is 334 g/mol. The number of carbonyl (C=O) groups excluding carboxylic acids is 1. The number of carbonyl (C=O) groups is 1. The van der Waals surface area contributed by atoms with E-state index >= 15 is 0 Å². The van der Waals surface area contributed by atoms with Crippen molar-refractivity contribution in [3.63, 3.8) is 0 Å². The van der Waals surface area contributed by atoms with Crippen molar-refractivity contribution in [2.45, 2.75) is 31.7 Å². The second-order valence-corrected chi connectivity index (χ2v) is 5.07. The first kappa shape index (κ1) is 19.2. The number of methoxy groups -OCH3 is 1. The summed E-state index contributed by atoms with van der Waals surface area (Å²) in [5.74, 6) is -0.569. The number of alkyl halides is 3. The van der Waals surface area contributed by atoms with Crippen LogP contribution in [0.3, 0.4) is 0 Å². The topological polar surface area (TPSA) is 73.6 Å². The zero-order valence-corrected chi connectivity index (χ0v) is 13.0. The van der Waals surface area contributed by atoms with E-state index in [-0.39, 0.29) is 31.2 Å². The van der Waals surface area contributed by atoms with E-state index in [9.17, 15) is 18.0 Å². The first-order valence-corrected chi connectivity index (χ1v) is 7.09. The molecule has 0 aromatic heterocycles. The number of nitrogens with two attached hydrogens (primary N) is 1. The molecule has 1 aromatic rings. The zero-order chi connectivity index (χ0) is 17.5. The molecule has 0 bridgehead atoms. The summed E-state index contributed by atoms with van der Waals surface area (Å²) >= 11 is 0. The van der Waals surface area contributed by atoms with Crippen molar-refractivity contribution in [2.75, 3.05) is 20.3 Å². The van der Waals surface area contributed by atoms with Crippen LogP contribution in [0.4, 0.5) is 13.2 Å². The molecule has 0 aliphatic rings. The van der Waals surface area contributed by atoms with Gasteiger partial charge in [0.1, 0.15) is 12.4 Å². The zero-order valence-electron chi connectivity index (χ0n) is 13.0. The average molecular weight is 334 g/mol. The molecule has 1 amide bonds. The van der Waals surface area contributed by atoms with Crippen molar-refractivity contribution < 1.29 is 27.4 Å². The van der Waals surface area contributed by atoms with Crippen molar-refractivity contribution in [3.8, 4) is 5.75 Å². The Morgan fingerprint density at radius 3 is 2.57 bits per heavy atom. The van der Waals surface area contributed by atoms with Crippen molar-refractivity contribution >= 4 is 5.91 Å². The molecule has 0 fully saturated rings. The summed E-state index contributed by atoms with van der Waals surface area (Å²) in [4.78, 5) is 11.7. The number of para-hydroxylation sites is 1. The molecule has 3 N–H and O–H groups in total. The Morgan fingerprint density at radius 1 is 1.35 bits per heavy atom. The standard InChI is InChI=1S/C15H21F3N2O3/c1-10(20-14(21)7-11(8-19)22-2)9-23-13-6-4-3-5-12(13)15(16,17)18/h3-6,10-11H,7-9,19H2,1-2H3,(H,20,21). The molecular formula is C15H21F3N2O3. The molecular weight excluding hydrogens is 313 g/mol. The molecule has 1 aromatic carbocycles. The summed E-state index contributed by atoms with van der Waals surface area (Å²) in [5.41, 5.74) is 4.57. The third-order valence-corrected chi connectivity index (χ3v) is 3.10. The van der Waals surface area contributed by atoms with Crippen LogP contribution in [0.5, 0.6) is 5.75 Å². The molecule has 0 radical (unpaired) electrons. The van der Waals surface area contributed by atoms with E-state index in [4.69, 9.17) is 15.2 Å². The number of hydrogen-bond acceptors (Lipinski definition) is 4. The van der Waals surface area contributed by atoms with Crippen LogP contribution in [-0.2, 0) is 15.7 Å². The van der Waals surface area contributed by atoms with E-state index in [1.807, 2.05) is 0 Å². The van der Waals surface area contributed by atoms with Crippen LogP contribution in [-0.4, -0.2) is 38.3 Å². The van der Waals surface area contributed by atoms with E-state index in [2.05, 4.69) is 5.32 Å². The lowest BCUT2D eigenvalue weighted by Gasteiger charge is -2.19. The molecule has 0 spiro atoms.